The van der Waals surface area contributed by atoms with Crippen molar-refractivity contribution in [3.63, 3.8) is 0 Å². The maximum atomic E-state index is 12.6. The number of nitrogens with zero attached hydrogens (tertiary/aromatic N) is 1. The van der Waals surface area contributed by atoms with E-state index in [4.69, 9.17) is 5.11 Å². The smallest absolute Gasteiger partial charge is 0.308 e. The van der Waals surface area contributed by atoms with Crippen LogP contribution in [-0.4, -0.2) is 40.2 Å². The van der Waals surface area contributed by atoms with Crippen molar-refractivity contribution in [2.45, 2.75) is 36.3 Å². The standard InChI is InChI=1S/C16H21NO3S/c1-2-14(21-13-8-4-3-5-9-13)15(18)17-10-6-7-12(11-17)16(19)20/h3-5,8-9,12,14H,2,6-7,10-11H2,1H3,(H,19,20). The molecular weight excluding hydrogens is 286 g/mol. The van der Waals surface area contributed by atoms with Crippen molar-refractivity contribution in [1.82, 2.24) is 4.90 Å². The van der Waals surface area contributed by atoms with E-state index in [1.165, 1.54) is 0 Å². The lowest BCUT2D eigenvalue weighted by molar-refractivity contribution is -0.145. The molecule has 0 aromatic heterocycles. The van der Waals surface area contributed by atoms with E-state index in [1.54, 1.807) is 16.7 Å². The highest BCUT2D eigenvalue weighted by atomic mass is 32.2. The lowest BCUT2D eigenvalue weighted by atomic mass is 9.98. The SMILES string of the molecule is CCC(Sc1ccccc1)C(=O)N1CCCC(C(=O)O)C1. The van der Waals surface area contributed by atoms with Crippen LogP contribution in [0.4, 0.5) is 0 Å². The number of carbonyl (C=O) groups is 2. The number of aliphatic carboxylic acids is 1. The minimum Gasteiger partial charge on any atom is -0.481 e. The van der Waals surface area contributed by atoms with Gasteiger partial charge >= 0.3 is 5.97 Å². The van der Waals surface area contributed by atoms with Crippen LogP contribution in [0.5, 0.6) is 0 Å². The van der Waals surface area contributed by atoms with E-state index in [-0.39, 0.29) is 11.2 Å². The molecule has 1 saturated heterocycles. The van der Waals surface area contributed by atoms with Crippen molar-refractivity contribution in [2.24, 2.45) is 5.92 Å². The highest BCUT2D eigenvalue weighted by Gasteiger charge is 2.31. The van der Waals surface area contributed by atoms with Crippen molar-refractivity contribution in [2.75, 3.05) is 13.1 Å². The Kier molecular flexibility index (Phi) is 5.67. The number of benzene rings is 1. The van der Waals surface area contributed by atoms with Crippen LogP contribution in [0.2, 0.25) is 0 Å². The van der Waals surface area contributed by atoms with Crippen molar-refractivity contribution < 1.29 is 14.7 Å². The van der Waals surface area contributed by atoms with Crippen LogP contribution < -0.4 is 0 Å². The lowest BCUT2D eigenvalue weighted by Gasteiger charge is -2.33. The molecule has 2 rings (SSSR count). The molecule has 1 aromatic rings. The summed E-state index contributed by atoms with van der Waals surface area (Å²) < 4.78 is 0. The zero-order valence-electron chi connectivity index (χ0n) is 12.2. The van der Waals surface area contributed by atoms with Crippen LogP contribution in [-0.2, 0) is 9.59 Å². The van der Waals surface area contributed by atoms with E-state index in [0.717, 1.165) is 17.7 Å². The normalized spacial score (nSPS) is 20.0. The van der Waals surface area contributed by atoms with Gasteiger partial charge in [-0.2, -0.15) is 0 Å². The molecule has 114 valence electrons. The highest BCUT2D eigenvalue weighted by molar-refractivity contribution is 8.00. The molecule has 1 amide bonds. The Labute approximate surface area is 129 Å². The van der Waals surface area contributed by atoms with Gasteiger partial charge in [0.1, 0.15) is 0 Å². The van der Waals surface area contributed by atoms with Gasteiger partial charge in [-0.1, -0.05) is 25.1 Å². The van der Waals surface area contributed by atoms with Crippen LogP contribution >= 0.6 is 11.8 Å². The number of hydrogen-bond acceptors (Lipinski definition) is 3. The largest absolute Gasteiger partial charge is 0.481 e. The third-order valence-corrected chi connectivity index (χ3v) is 5.11. The van der Waals surface area contributed by atoms with Gasteiger partial charge in [-0.25, -0.2) is 0 Å². The van der Waals surface area contributed by atoms with Gasteiger partial charge in [0.25, 0.3) is 0 Å². The fraction of sp³-hybridized carbons (Fsp3) is 0.500. The van der Waals surface area contributed by atoms with E-state index >= 15 is 0 Å². The van der Waals surface area contributed by atoms with Gasteiger partial charge in [-0.3, -0.25) is 9.59 Å². The Morgan fingerprint density at radius 1 is 1.38 bits per heavy atom. The van der Waals surface area contributed by atoms with E-state index < -0.39 is 11.9 Å². The summed E-state index contributed by atoms with van der Waals surface area (Å²) in [6.45, 7) is 3.02. The van der Waals surface area contributed by atoms with Crippen molar-refractivity contribution >= 4 is 23.6 Å². The Balaban J connectivity index is 2.00. The van der Waals surface area contributed by atoms with Gasteiger partial charge in [0.05, 0.1) is 11.2 Å². The lowest BCUT2D eigenvalue weighted by Crippen LogP contribution is -2.45. The summed E-state index contributed by atoms with van der Waals surface area (Å²) >= 11 is 1.56. The Hall–Kier alpha value is -1.49. The van der Waals surface area contributed by atoms with E-state index in [1.807, 2.05) is 37.3 Å². The number of piperidine rings is 1. The third kappa shape index (κ3) is 4.24. The number of thioether (sulfide) groups is 1. The number of amides is 1. The molecule has 0 saturated carbocycles. The van der Waals surface area contributed by atoms with Crippen molar-refractivity contribution in [1.29, 1.82) is 0 Å². The summed E-state index contributed by atoms with van der Waals surface area (Å²) in [4.78, 5) is 26.5. The monoisotopic (exact) mass is 307 g/mol. The van der Waals surface area contributed by atoms with Gasteiger partial charge < -0.3 is 10.0 Å². The average molecular weight is 307 g/mol. The molecule has 1 heterocycles. The zero-order chi connectivity index (χ0) is 15.2. The molecule has 0 bridgehead atoms. The van der Waals surface area contributed by atoms with Gasteiger partial charge in [0.15, 0.2) is 0 Å². The molecule has 1 aliphatic rings. The molecular formula is C16H21NO3S. The molecule has 1 aromatic carbocycles. The maximum absolute atomic E-state index is 12.6. The number of rotatable bonds is 5. The molecule has 0 radical (unpaired) electrons. The van der Waals surface area contributed by atoms with Crippen molar-refractivity contribution in [3.8, 4) is 0 Å². The molecule has 1 fully saturated rings. The average Bonchev–Trinajstić information content (AvgIpc) is 2.53. The number of carbonyl (C=O) groups excluding carboxylic acids is 1. The summed E-state index contributed by atoms with van der Waals surface area (Å²) in [6, 6.07) is 9.87. The van der Waals surface area contributed by atoms with E-state index in [0.29, 0.717) is 19.5 Å². The maximum Gasteiger partial charge on any atom is 0.308 e. The van der Waals surface area contributed by atoms with Gasteiger partial charge in [-0.05, 0) is 31.4 Å². The number of carboxylic acid groups (broad SMARTS) is 1. The Morgan fingerprint density at radius 3 is 2.71 bits per heavy atom. The molecule has 2 unspecified atom stereocenters. The molecule has 2 atom stereocenters. The zero-order valence-corrected chi connectivity index (χ0v) is 13.0. The second-order valence-electron chi connectivity index (χ2n) is 5.29. The van der Waals surface area contributed by atoms with E-state index in [9.17, 15) is 9.59 Å². The molecule has 1 aliphatic heterocycles. The van der Waals surface area contributed by atoms with Crippen LogP contribution in [0.3, 0.4) is 0 Å². The minimum atomic E-state index is -0.795. The number of hydrogen-bond donors (Lipinski definition) is 1. The van der Waals surface area contributed by atoms with Crippen LogP contribution in [0, 0.1) is 5.92 Å². The second-order valence-corrected chi connectivity index (χ2v) is 6.57. The number of likely N-dealkylation sites (tertiary alicyclic amines) is 1. The van der Waals surface area contributed by atoms with Gasteiger partial charge in [0, 0.05) is 18.0 Å². The Morgan fingerprint density at radius 2 is 2.10 bits per heavy atom. The highest BCUT2D eigenvalue weighted by Crippen LogP contribution is 2.28. The summed E-state index contributed by atoms with van der Waals surface area (Å²) in [5.74, 6) is -1.14. The summed E-state index contributed by atoms with van der Waals surface area (Å²) in [5, 5.41) is 8.99. The molecule has 0 spiro atoms. The third-order valence-electron chi connectivity index (χ3n) is 3.75. The fourth-order valence-electron chi connectivity index (χ4n) is 2.55. The first-order valence-electron chi connectivity index (χ1n) is 7.35. The summed E-state index contributed by atoms with van der Waals surface area (Å²) in [6.07, 6.45) is 2.18. The first kappa shape index (κ1) is 15.9. The fourth-order valence-corrected chi connectivity index (χ4v) is 3.61. The first-order valence-corrected chi connectivity index (χ1v) is 8.23. The summed E-state index contributed by atoms with van der Waals surface area (Å²) in [5.41, 5.74) is 0. The molecule has 4 nitrogen and oxygen atoms in total. The van der Waals surface area contributed by atoms with Crippen LogP contribution in [0.25, 0.3) is 0 Å². The molecule has 1 N–H and O–H groups in total. The van der Waals surface area contributed by atoms with E-state index in [2.05, 4.69) is 0 Å². The molecule has 5 heteroatoms. The van der Waals surface area contributed by atoms with Crippen molar-refractivity contribution in [3.05, 3.63) is 30.3 Å². The van der Waals surface area contributed by atoms with Gasteiger partial charge in [-0.15, -0.1) is 11.8 Å². The minimum absolute atomic E-state index is 0.0669. The summed E-state index contributed by atoms with van der Waals surface area (Å²) in [7, 11) is 0. The predicted molar refractivity (Wildman–Crippen MR) is 83.3 cm³/mol. The topological polar surface area (TPSA) is 57.6 Å². The van der Waals surface area contributed by atoms with Gasteiger partial charge in [0.2, 0.25) is 5.91 Å². The van der Waals surface area contributed by atoms with Crippen LogP contribution in [0.1, 0.15) is 26.2 Å². The predicted octanol–water partition coefficient (Wildman–Crippen LogP) is 2.88. The second kappa shape index (κ2) is 7.50. The number of carboxylic acids is 1. The first-order chi connectivity index (χ1) is 10.1. The Bertz CT molecular complexity index is 492. The quantitative estimate of drug-likeness (QED) is 0.850. The van der Waals surface area contributed by atoms with Crippen LogP contribution in [0.15, 0.2) is 35.2 Å². The molecule has 21 heavy (non-hydrogen) atoms. The molecule has 0 aliphatic carbocycles.